The maximum absolute atomic E-state index is 10.3. The van der Waals surface area contributed by atoms with E-state index in [4.69, 9.17) is 0 Å². The summed E-state index contributed by atoms with van der Waals surface area (Å²) in [6.07, 6.45) is 9.25. The summed E-state index contributed by atoms with van der Waals surface area (Å²) in [5.41, 5.74) is 0. The third-order valence-electron chi connectivity index (χ3n) is 4.56. The Labute approximate surface area is 120 Å². The zero-order chi connectivity index (χ0) is 13.8. The van der Waals surface area contributed by atoms with Gasteiger partial charge in [0.1, 0.15) is 0 Å². The van der Waals surface area contributed by atoms with Crippen molar-refractivity contribution in [2.24, 2.45) is 0 Å². The lowest BCUT2D eigenvalue weighted by Gasteiger charge is -2.40. The molecule has 1 aromatic rings. The molecule has 5 heteroatoms. The van der Waals surface area contributed by atoms with Crippen molar-refractivity contribution in [3.63, 3.8) is 0 Å². The van der Waals surface area contributed by atoms with Gasteiger partial charge in [0.25, 0.3) is 0 Å². The fourth-order valence-electron chi connectivity index (χ4n) is 3.40. The second-order valence-electron chi connectivity index (χ2n) is 5.84. The van der Waals surface area contributed by atoms with Gasteiger partial charge in [-0.1, -0.05) is 19.3 Å². The second kappa shape index (κ2) is 6.50. The van der Waals surface area contributed by atoms with E-state index in [9.17, 15) is 5.11 Å². The maximum Gasteiger partial charge on any atom is 0.225 e. The van der Waals surface area contributed by atoms with Gasteiger partial charge in [-0.2, -0.15) is 0 Å². The number of rotatable bonds is 2. The van der Waals surface area contributed by atoms with Gasteiger partial charge in [0.05, 0.1) is 6.10 Å². The first-order chi connectivity index (χ1) is 9.84. The van der Waals surface area contributed by atoms with Crippen molar-refractivity contribution < 1.29 is 5.11 Å². The summed E-state index contributed by atoms with van der Waals surface area (Å²) in [7, 11) is 0. The lowest BCUT2D eigenvalue weighted by molar-refractivity contribution is 0.0408. The highest BCUT2D eigenvalue weighted by molar-refractivity contribution is 5.29. The zero-order valence-electron chi connectivity index (χ0n) is 12.0. The number of nitrogens with zero attached hydrogens (tertiary/aromatic N) is 4. The van der Waals surface area contributed by atoms with E-state index in [1.165, 1.54) is 19.3 Å². The lowest BCUT2D eigenvalue weighted by atomic mass is 10.0. The van der Waals surface area contributed by atoms with Crippen LogP contribution in [0.3, 0.4) is 0 Å². The Morgan fingerprint density at radius 2 is 1.65 bits per heavy atom. The maximum atomic E-state index is 10.3. The molecule has 1 N–H and O–H groups in total. The Kier molecular flexibility index (Phi) is 4.47. The van der Waals surface area contributed by atoms with E-state index >= 15 is 0 Å². The largest absolute Gasteiger partial charge is 0.391 e. The predicted octanol–water partition coefficient (Wildman–Crippen LogP) is 1.29. The molecule has 2 aliphatic rings. The van der Waals surface area contributed by atoms with Crippen molar-refractivity contribution >= 4 is 5.95 Å². The number of aliphatic hydroxyl groups excluding tert-OH is 1. The second-order valence-corrected chi connectivity index (χ2v) is 5.84. The van der Waals surface area contributed by atoms with Crippen LogP contribution in [0.25, 0.3) is 0 Å². The molecule has 0 radical (unpaired) electrons. The van der Waals surface area contributed by atoms with E-state index < -0.39 is 0 Å². The van der Waals surface area contributed by atoms with Gasteiger partial charge in [-0.25, -0.2) is 9.97 Å². The van der Waals surface area contributed by atoms with Gasteiger partial charge in [0.2, 0.25) is 5.95 Å². The molecule has 1 saturated carbocycles. The first-order valence-corrected chi connectivity index (χ1v) is 7.79. The highest BCUT2D eigenvalue weighted by Crippen LogP contribution is 2.24. The minimum Gasteiger partial charge on any atom is -0.391 e. The van der Waals surface area contributed by atoms with Crippen LogP contribution in [-0.2, 0) is 0 Å². The van der Waals surface area contributed by atoms with Gasteiger partial charge in [-0.15, -0.1) is 0 Å². The van der Waals surface area contributed by atoms with Gasteiger partial charge >= 0.3 is 0 Å². The van der Waals surface area contributed by atoms with Crippen molar-refractivity contribution in [1.82, 2.24) is 14.9 Å². The summed E-state index contributed by atoms with van der Waals surface area (Å²) in [5, 5.41) is 10.3. The molecule has 2 unspecified atom stereocenters. The molecule has 0 bridgehead atoms. The van der Waals surface area contributed by atoms with E-state index in [1.54, 1.807) is 12.4 Å². The Bertz CT molecular complexity index is 406. The van der Waals surface area contributed by atoms with Crippen molar-refractivity contribution in [3.05, 3.63) is 18.5 Å². The summed E-state index contributed by atoms with van der Waals surface area (Å²) in [4.78, 5) is 13.3. The molecular formula is C15H24N4O. The number of hydrogen-bond acceptors (Lipinski definition) is 5. The number of aliphatic hydroxyl groups is 1. The number of hydrogen-bond donors (Lipinski definition) is 1. The van der Waals surface area contributed by atoms with Crippen LogP contribution in [0.4, 0.5) is 5.95 Å². The molecule has 2 atom stereocenters. The van der Waals surface area contributed by atoms with E-state index in [0.29, 0.717) is 6.04 Å². The molecule has 1 saturated heterocycles. The molecular weight excluding hydrogens is 252 g/mol. The van der Waals surface area contributed by atoms with Gasteiger partial charge in [0.15, 0.2) is 0 Å². The summed E-state index contributed by atoms with van der Waals surface area (Å²) in [6.45, 7) is 3.90. The molecule has 110 valence electrons. The van der Waals surface area contributed by atoms with Crippen molar-refractivity contribution in [2.45, 2.75) is 44.2 Å². The monoisotopic (exact) mass is 276 g/mol. The van der Waals surface area contributed by atoms with Crippen LogP contribution in [-0.4, -0.2) is 58.3 Å². The highest BCUT2D eigenvalue weighted by Gasteiger charge is 2.30. The van der Waals surface area contributed by atoms with E-state index in [2.05, 4.69) is 19.8 Å². The van der Waals surface area contributed by atoms with Gasteiger partial charge < -0.3 is 10.0 Å². The molecule has 0 spiro atoms. The van der Waals surface area contributed by atoms with Crippen LogP contribution in [0.1, 0.15) is 32.1 Å². The molecule has 1 aromatic heterocycles. The van der Waals surface area contributed by atoms with Crippen molar-refractivity contribution in [1.29, 1.82) is 0 Å². The minimum atomic E-state index is -0.142. The van der Waals surface area contributed by atoms with Crippen LogP contribution in [0.15, 0.2) is 18.5 Å². The van der Waals surface area contributed by atoms with E-state index in [0.717, 1.165) is 45.0 Å². The summed E-state index contributed by atoms with van der Waals surface area (Å²) < 4.78 is 0. The smallest absolute Gasteiger partial charge is 0.225 e. The molecule has 1 aliphatic carbocycles. The normalized spacial score (nSPS) is 29.1. The summed E-state index contributed by atoms with van der Waals surface area (Å²) in [5.74, 6) is 0.827. The van der Waals surface area contributed by atoms with Crippen LogP contribution in [0.5, 0.6) is 0 Å². The average molecular weight is 276 g/mol. The SMILES string of the molecule is OC1CCCCCC1N1CCN(c2ncccn2)CC1. The molecule has 5 nitrogen and oxygen atoms in total. The summed E-state index contributed by atoms with van der Waals surface area (Å²) in [6, 6.07) is 2.21. The Morgan fingerprint density at radius 3 is 2.40 bits per heavy atom. The predicted molar refractivity (Wildman–Crippen MR) is 78.7 cm³/mol. The lowest BCUT2D eigenvalue weighted by Crippen LogP contribution is -2.53. The van der Waals surface area contributed by atoms with Gasteiger partial charge in [-0.3, -0.25) is 4.90 Å². The third kappa shape index (κ3) is 3.10. The molecule has 0 aromatic carbocycles. The molecule has 3 rings (SSSR count). The molecule has 20 heavy (non-hydrogen) atoms. The van der Waals surface area contributed by atoms with Crippen LogP contribution in [0, 0.1) is 0 Å². The molecule has 0 amide bonds. The standard InChI is InChI=1S/C15H24N4O/c20-14-6-3-1-2-5-13(14)18-9-11-19(12-10-18)15-16-7-4-8-17-15/h4,7-8,13-14,20H,1-3,5-6,9-12H2. The van der Waals surface area contributed by atoms with E-state index in [1.807, 2.05) is 6.07 Å². The van der Waals surface area contributed by atoms with E-state index in [-0.39, 0.29) is 6.10 Å². The van der Waals surface area contributed by atoms with Gasteiger partial charge in [0, 0.05) is 44.6 Å². The third-order valence-corrected chi connectivity index (χ3v) is 4.56. The quantitative estimate of drug-likeness (QED) is 0.825. The fraction of sp³-hybridized carbons (Fsp3) is 0.733. The van der Waals surface area contributed by atoms with Crippen molar-refractivity contribution in [2.75, 3.05) is 31.1 Å². The molecule has 2 heterocycles. The van der Waals surface area contributed by atoms with Gasteiger partial charge in [-0.05, 0) is 18.9 Å². The van der Waals surface area contributed by atoms with Crippen LogP contribution in [0.2, 0.25) is 0 Å². The molecule has 2 fully saturated rings. The minimum absolute atomic E-state index is 0.142. The number of anilines is 1. The zero-order valence-corrected chi connectivity index (χ0v) is 12.0. The van der Waals surface area contributed by atoms with Crippen molar-refractivity contribution in [3.8, 4) is 0 Å². The Balaban J connectivity index is 1.58. The van der Waals surface area contributed by atoms with Crippen LogP contribution < -0.4 is 4.90 Å². The van der Waals surface area contributed by atoms with Crippen LogP contribution >= 0.6 is 0 Å². The Morgan fingerprint density at radius 1 is 0.950 bits per heavy atom. The summed E-state index contributed by atoms with van der Waals surface area (Å²) >= 11 is 0. The highest BCUT2D eigenvalue weighted by atomic mass is 16.3. The first kappa shape index (κ1) is 13.8. The first-order valence-electron chi connectivity index (χ1n) is 7.79. The number of aromatic nitrogens is 2. The topological polar surface area (TPSA) is 52.5 Å². The molecule has 1 aliphatic heterocycles. The average Bonchev–Trinajstić information content (AvgIpc) is 2.73. The Hall–Kier alpha value is -1.20. The fourth-order valence-corrected chi connectivity index (χ4v) is 3.40. The number of piperazine rings is 1.